The number of aromatic nitrogens is 2. The summed E-state index contributed by atoms with van der Waals surface area (Å²) in [6.45, 7) is 3.95. The Morgan fingerprint density at radius 2 is 1.54 bits per heavy atom. The van der Waals surface area contributed by atoms with Gasteiger partial charge in [0.05, 0.1) is 5.56 Å². The molecule has 2 aromatic carbocycles. The summed E-state index contributed by atoms with van der Waals surface area (Å²) in [4.78, 5) is 20.7. The Hall–Kier alpha value is -3.08. The van der Waals surface area contributed by atoms with Gasteiger partial charge in [0.25, 0.3) is 5.91 Å². The minimum Gasteiger partial charge on any atom is -0.322 e. The van der Waals surface area contributed by atoms with Crippen molar-refractivity contribution in [3.8, 4) is 11.4 Å². The molecule has 0 bridgehead atoms. The van der Waals surface area contributed by atoms with Crippen LogP contribution in [0.5, 0.6) is 0 Å². The molecule has 1 aromatic heterocycles. The second-order valence-corrected chi connectivity index (χ2v) is 5.63. The number of carbonyl (C=O) groups is 1. The van der Waals surface area contributed by atoms with Crippen LogP contribution in [-0.2, 0) is 0 Å². The first kappa shape index (κ1) is 15.8. The van der Waals surface area contributed by atoms with Crippen LogP contribution < -0.4 is 5.32 Å². The zero-order valence-electron chi connectivity index (χ0n) is 13.4. The molecule has 0 fully saturated rings. The van der Waals surface area contributed by atoms with Crippen LogP contribution in [0.15, 0.2) is 54.9 Å². The molecular formula is C19H16FN3O. The lowest BCUT2D eigenvalue weighted by Gasteiger charge is -2.07. The molecule has 1 amide bonds. The molecule has 5 heteroatoms. The van der Waals surface area contributed by atoms with Gasteiger partial charge in [-0.1, -0.05) is 6.07 Å². The summed E-state index contributed by atoms with van der Waals surface area (Å²) < 4.78 is 12.9. The van der Waals surface area contributed by atoms with Crippen molar-refractivity contribution in [2.45, 2.75) is 13.8 Å². The molecule has 4 nitrogen and oxygen atoms in total. The van der Waals surface area contributed by atoms with Crippen molar-refractivity contribution in [1.29, 1.82) is 0 Å². The van der Waals surface area contributed by atoms with Gasteiger partial charge in [-0.05, 0) is 61.4 Å². The third-order valence-electron chi connectivity index (χ3n) is 3.50. The van der Waals surface area contributed by atoms with Crippen LogP contribution in [0.2, 0.25) is 0 Å². The number of anilines is 1. The highest BCUT2D eigenvalue weighted by molar-refractivity contribution is 6.04. The van der Waals surface area contributed by atoms with Crippen LogP contribution in [0.4, 0.5) is 10.1 Å². The normalized spacial score (nSPS) is 10.5. The fourth-order valence-electron chi connectivity index (χ4n) is 2.44. The molecule has 1 N–H and O–H groups in total. The summed E-state index contributed by atoms with van der Waals surface area (Å²) in [5.41, 5.74) is 3.94. The van der Waals surface area contributed by atoms with E-state index in [0.29, 0.717) is 17.0 Å². The molecule has 0 unspecified atom stereocenters. The summed E-state index contributed by atoms with van der Waals surface area (Å²) in [7, 11) is 0. The van der Waals surface area contributed by atoms with Crippen LogP contribution in [0.1, 0.15) is 21.5 Å². The van der Waals surface area contributed by atoms with Crippen molar-refractivity contribution in [3.05, 3.63) is 77.4 Å². The molecule has 0 aliphatic rings. The van der Waals surface area contributed by atoms with Gasteiger partial charge in [0.2, 0.25) is 0 Å². The standard InChI is InChI=1S/C19H16FN3O/c1-12-7-13(2)9-17(8-12)23-19(24)15-10-21-18(22-11-15)14-3-5-16(20)6-4-14/h3-11H,1-2H3,(H,23,24). The Bertz CT molecular complexity index is 854. The monoisotopic (exact) mass is 321 g/mol. The predicted octanol–water partition coefficient (Wildman–Crippen LogP) is 4.15. The van der Waals surface area contributed by atoms with Gasteiger partial charge < -0.3 is 5.32 Å². The summed E-state index contributed by atoms with van der Waals surface area (Å²) in [5.74, 6) is -0.146. The van der Waals surface area contributed by atoms with Gasteiger partial charge in [-0.2, -0.15) is 0 Å². The summed E-state index contributed by atoms with van der Waals surface area (Å²) in [5, 5.41) is 2.84. The number of aryl methyl sites for hydroxylation is 2. The zero-order valence-corrected chi connectivity index (χ0v) is 13.4. The van der Waals surface area contributed by atoms with Gasteiger partial charge >= 0.3 is 0 Å². The first-order chi connectivity index (χ1) is 11.5. The second-order valence-electron chi connectivity index (χ2n) is 5.63. The molecule has 0 aliphatic carbocycles. The lowest BCUT2D eigenvalue weighted by atomic mass is 10.1. The summed E-state index contributed by atoms with van der Waals surface area (Å²) in [6.07, 6.45) is 2.92. The van der Waals surface area contributed by atoms with Crippen molar-refractivity contribution in [3.63, 3.8) is 0 Å². The molecule has 0 saturated carbocycles. The van der Waals surface area contributed by atoms with E-state index in [4.69, 9.17) is 0 Å². The molecule has 0 saturated heterocycles. The summed E-state index contributed by atoms with van der Waals surface area (Å²) in [6, 6.07) is 11.7. The first-order valence-corrected chi connectivity index (χ1v) is 7.49. The number of hydrogen-bond acceptors (Lipinski definition) is 3. The Morgan fingerprint density at radius 1 is 0.958 bits per heavy atom. The lowest BCUT2D eigenvalue weighted by Crippen LogP contribution is -2.13. The number of nitrogens with one attached hydrogen (secondary N) is 1. The summed E-state index contributed by atoms with van der Waals surface area (Å²) >= 11 is 0. The molecule has 0 atom stereocenters. The van der Waals surface area contributed by atoms with Crippen LogP contribution >= 0.6 is 0 Å². The van der Waals surface area contributed by atoms with Crippen molar-refractivity contribution >= 4 is 11.6 Å². The van der Waals surface area contributed by atoms with Gasteiger partial charge in [0.15, 0.2) is 5.82 Å². The Balaban J connectivity index is 1.77. The fourth-order valence-corrected chi connectivity index (χ4v) is 2.44. The van der Waals surface area contributed by atoms with E-state index in [9.17, 15) is 9.18 Å². The highest BCUT2D eigenvalue weighted by Gasteiger charge is 2.09. The maximum atomic E-state index is 12.9. The van der Waals surface area contributed by atoms with E-state index in [-0.39, 0.29) is 11.7 Å². The third kappa shape index (κ3) is 3.63. The van der Waals surface area contributed by atoms with Crippen molar-refractivity contribution in [1.82, 2.24) is 9.97 Å². The van der Waals surface area contributed by atoms with Crippen LogP contribution in [0, 0.1) is 19.7 Å². The molecular weight excluding hydrogens is 305 g/mol. The number of nitrogens with zero attached hydrogens (tertiary/aromatic N) is 2. The maximum absolute atomic E-state index is 12.9. The maximum Gasteiger partial charge on any atom is 0.258 e. The van der Waals surface area contributed by atoms with Crippen molar-refractivity contribution < 1.29 is 9.18 Å². The molecule has 0 aliphatic heterocycles. The van der Waals surface area contributed by atoms with E-state index in [0.717, 1.165) is 16.8 Å². The van der Waals surface area contributed by atoms with E-state index in [2.05, 4.69) is 15.3 Å². The SMILES string of the molecule is Cc1cc(C)cc(NC(=O)c2cnc(-c3ccc(F)cc3)nc2)c1. The number of rotatable bonds is 3. The lowest BCUT2D eigenvalue weighted by molar-refractivity contribution is 0.102. The zero-order chi connectivity index (χ0) is 17.1. The molecule has 1 heterocycles. The molecule has 0 radical (unpaired) electrons. The number of carbonyl (C=O) groups excluding carboxylic acids is 1. The number of hydrogen-bond donors (Lipinski definition) is 1. The third-order valence-corrected chi connectivity index (χ3v) is 3.50. The predicted molar refractivity (Wildman–Crippen MR) is 91.3 cm³/mol. The number of amides is 1. The molecule has 120 valence electrons. The Labute approximate surface area is 139 Å². The highest BCUT2D eigenvalue weighted by Crippen LogP contribution is 2.17. The number of halogens is 1. The largest absolute Gasteiger partial charge is 0.322 e. The molecule has 3 aromatic rings. The van der Waals surface area contributed by atoms with E-state index < -0.39 is 0 Å². The van der Waals surface area contributed by atoms with Crippen LogP contribution in [0.25, 0.3) is 11.4 Å². The minimum atomic E-state index is -0.316. The van der Waals surface area contributed by atoms with E-state index in [1.54, 1.807) is 12.1 Å². The van der Waals surface area contributed by atoms with Gasteiger partial charge in [-0.25, -0.2) is 14.4 Å². The number of benzene rings is 2. The van der Waals surface area contributed by atoms with Crippen LogP contribution in [0.3, 0.4) is 0 Å². The van der Waals surface area contributed by atoms with Gasteiger partial charge in [0.1, 0.15) is 5.82 Å². The molecule has 3 rings (SSSR count). The van der Waals surface area contributed by atoms with E-state index in [1.807, 2.05) is 32.0 Å². The second kappa shape index (κ2) is 6.58. The quantitative estimate of drug-likeness (QED) is 0.788. The van der Waals surface area contributed by atoms with Crippen molar-refractivity contribution in [2.24, 2.45) is 0 Å². The first-order valence-electron chi connectivity index (χ1n) is 7.49. The topological polar surface area (TPSA) is 54.9 Å². The average Bonchev–Trinajstić information content (AvgIpc) is 2.55. The van der Waals surface area contributed by atoms with Gasteiger partial charge in [0, 0.05) is 23.6 Å². The van der Waals surface area contributed by atoms with Crippen molar-refractivity contribution in [2.75, 3.05) is 5.32 Å². The average molecular weight is 321 g/mol. The Morgan fingerprint density at radius 3 is 2.12 bits per heavy atom. The van der Waals surface area contributed by atoms with Gasteiger partial charge in [-0.3, -0.25) is 4.79 Å². The minimum absolute atomic E-state index is 0.273. The molecule has 24 heavy (non-hydrogen) atoms. The van der Waals surface area contributed by atoms with E-state index >= 15 is 0 Å². The fraction of sp³-hybridized carbons (Fsp3) is 0.105. The highest BCUT2D eigenvalue weighted by atomic mass is 19.1. The Kier molecular flexibility index (Phi) is 4.33. The van der Waals surface area contributed by atoms with Gasteiger partial charge in [-0.15, -0.1) is 0 Å². The smallest absolute Gasteiger partial charge is 0.258 e. The molecule has 0 spiro atoms. The van der Waals surface area contributed by atoms with E-state index in [1.165, 1.54) is 24.5 Å². The van der Waals surface area contributed by atoms with Crippen LogP contribution in [-0.4, -0.2) is 15.9 Å².